The lowest BCUT2D eigenvalue weighted by Gasteiger charge is -2.19. The van der Waals surface area contributed by atoms with Gasteiger partial charge in [-0.15, -0.1) is 0 Å². The Morgan fingerprint density at radius 1 is 1.10 bits per heavy atom. The predicted octanol–water partition coefficient (Wildman–Crippen LogP) is 2.84. The van der Waals surface area contributed by atoms with Crippen molar-refractivity contribution >= 4 is 0 Å². The summed E-state index contributed by atoms with van der Waals surface area (Å²) in [6.07, 6.45) is 1.68. The van der Waals surface area contributed by atoms with Gasteiger partial charge in [0.1, 0.15) is 0 Å². The predicted molar refractivity (Wildman–Crippen MR) is 74.0 cm³/mol. The molecule has 2 rings (SSSR count). The number of hydrogen-bond acceptors (Lipinski definition) is 3. The van der Waals surface area contributed by atoms with Gasteiger partial charge in [0.2, 0.25) is 0 Å². The fourth-order valence-electron chi connectivity index (χ4n) is 2.23. The van der Waals surface area contributed by atoms with Crippen LogP contribution in [0.15, 0.2) is 24.4 Å². The van der Waals surface area contributed by atoms with Crippen molar-refractivity contribution in [1.29, 1.82) is 0 Å². The van der Waals surface area contributed by atoms with E-state index in [1.54, 1.807) is 6.20 Å². The van der Waals surface area contributed by atoms with Crippen LogP contribution < -0.4 is 11.3 Å². The van der Waals surface area contributed by atoms with Gasteiger partial charge >= 0.3 is 0 Å². The number of rotatable bonds is 3. The van der Waals surface area contributed by atoms with E-state index in [1.165, 1.54) is 19.1 Å². The Bertz CT molecular complexity index is 641. The monoisotopic (exact) mass is 277 g/mol. The average Bonchev–Trinajstić information content (AvgIpc) is 2.41. The number of nitrogens with two attached hydrogens (primary N) is 1. The van der Waals surface area contributed by atoms with Gasteiger partial charge in [-0.3, -0.25) is 10.8 Å². The van der Waals surface area contributed by atoms with E-state index < -0.39 is 17.7 Å². The molecule has 2 aromatic rings. The second-order valence-electron chi connectivity index (χ2n) is 4.91. The highest BCUT2D eigenvalue weighted by molar-refractivity contribution is 5.36. The van der Waals surface area contributed by atoms with E-state index >= 15 is 0 Å². The van der Waals surface area contributed by atoms with Crippen LogP contribution >= 0.6 is 0 Å². The lowest BCUT2D eigenvalue weighted by Crippen LogP contribution is -2.31. The summed E-state index contributed by atoms with van der Waals surface area (Å²) in [6.45, 7) is 5.30. The number of benzene rings is 1. The molecule has 1 heterocycles. The molecular formula is C15H17F2N3. The van der Waals surface area contributed by atoms with Crippen LogP contribution in [0, 0.1) is 32.4 Å². The number of hydrogen-bond donors (Lipinski definition) is 2. The standard InChI is InChI=1S/C15H17F2N3/c1-8-6-10(3)14(19-7-8)15(20-18)11-5-4-9(2)12(16)13(11)17/h4-7,15,20H,18H2,1-3H3. The van der Waals surface area contributed by atoms with Crippen LogP contribution in [0.4, 0.5) is 8.78 Å². The maximum Gasteiger partial charge on any atom is 0.164 e. The minimum atomic E-state index is -0.894. The summed E-state index contributed by atoms with van der Waals surface area (Å²) in [7, 11) is 0. The molecule has 0 aliphatic carbocycles. The summed E-state index contributed by atoms with van der Waals surface area (Å²) < 4.78 is 27.8. The van der Waals surface area contributed by atoms with Crippen LogP contribution in [0.3, 0.4) is 0 Å². The number of halogens is 2. The maximum atomic E-state index is 14.1. The first-order valence-electron chi connectivity index (χ1n) is 6.29. The molecule has 106 valence electrons. The van der Waals surface area contributed by atoms with E-state index in [4.69, 9.17) is 5.84 Å². The van der Waals surface area contributed by atoms with Crippen molar-refractivity contribution in [3.05, 3.63) is 64.0 Å². The largest absolute Gasteiger partial charge is 0.271 e. The third-order valence-corrected chi connectivity index (χ3v) is 3.31. The molecule has 0 spiro atoms. The Labute approximate surface area is 116 Å². The molecule has 1 unspecified atom stereocenters. The van der Waals surface area contributed by atoms with Crippen molar-refractivity contribution in [2.24, 2.45) is 5.84 Å². The number of nitrogens with one attached hydrogen (secondary N) is 1. The highest BCUT2D eigenvalue weighted by atomic mass is 19.2. The zero-order valence-corrected chi connectivity index (χ0v) is 11.7. The molecule has 0 amide bonds. The number of aryl methyl sites for hydroxylation is 3. The van der Waals surface area contributed by atoms with Gasteiger partial charge in [-0.05, 0) is 37.5 Å². The van der Waals surface area contributed by atoms with Gasteiger partial charge in [0.05, 0.1) is 11.7 Å². The molecule has 0 aliphatic heterocycles. The molecular weight excluding hydrogens is 260 g/mol. The Kier molecular flexibility index (Phi) is 4.11. The zero-order chi connectivity index (χ0) is 14.9. The fraction of sp³-hybridized carbons (Fsp3) is 0.267. The lowest BCUT2D eigenvalue weighted by molar-refractivity contribution is 0.476. The molecule has 5 heteroatoms. The van der Waals surface area contributed by atoms with Gasteiger partial charge in [0.15, 0.2) is 11.6 Å². The number of hydrazine groups is 1. The summed E-state index contributed by atoms with van der Waals surface area (Å²) in [6, 6.07) is 4.29. The second kappa shape index (κ2) is 5.64. The zero-order valence-electron chi connectivity index (χ0n) is 11.7. The fourth-order valence-corrected chi connectivity index (χ4v) is 2.23. The molecule has 1 aromatic heterocycles. The second-order valence-corrected chi connectivity index (χ2v) is 4.91. The summed E-state index contributed by atoms with van der Waals surface area (Å²) in [5, 5.41) is 0. The highest BCUT2D eigenvalue weighted by Crippen LogP contribution is 2.27. The molecule has 3 nitrogen and oxygen atoms in total. The Hall–Kier alpha value is -1.85. The number of nitrogens with zero attached hydrogens (tertiary/aromatic N) is 1. The van der Waals surface area contributed by atoms with Crippen LogP contribution in [-0.4, -0.2) is 4.98 Å². The smallest absolute Gasteiger partial charge is 0.164 e. The molecule has 0 aliphatic rings. The Morgan fingerprint density at radius 3 is 2.40 bits per heavy atom. The Balaban J connectivity index is 2.55. The van der Waals surface area contributed by atoms with E-state index in [-0.39, 0.29) is 11.1 Å². The first kappa shape index (κ1) is 14.6. The molecule has 20 heavy (non-hydrogen) atoms. The summed E-state index contributed by atoms with van der Waals surface area (Å²) >= 11 is 0. The van der Waals surface area contributed by atoms with Crippen molar-refractivity contribution in [3.8, 4) is 0 Å². The SMILES string of the molecule is Cc1cnc(C(NN)c2ccc(C)c(F)c2F)c(C)c1. The molecule has 0 bridgehead atoms. The molecule has 1 atom stereocenters. The van der Waals surface area contributed by atoms with Crippen LogP contribution in [-0.2, 0) is 0 Å². The van der Waals surface area contributed by atoms with Crippen molar-refractivity contribution in [2.75, 3.05) is 0 Å². The van der Waals surface area contributed by atoms with E-state index in [9.17, 15) is 8.78 Å². The van der Waals surface area contributed by atoms with Gasteiger partial charge in [-0.25, -0.2) is 14.2 Å². The van der Waals surface area contributed by atoms with Crippen molar-refractivity contribution in [3.63, 3.8) is 0 Å². The first-order chi connectivity index (χ1) is 9.45. The van der Waals surface area contributed by atoms with Crippen molar-refractivity contribution in [1.82, 2.24) is 10.4 Å². The van der Waals surface area contributed by atoms with Gasteiger partial charge in [-0.1, -0.05) is 18.2 Å². The third kappa shape index (κ3) is 2.55. The molecule has 0 fully saturated rings. The maximum absolute atomic E-state index is 14.1. The van der Waals surface area contributed by atoms with Gasteiger partial charge in [0.25, 0.3) is 0 Å². The summed E-state index contributed by atoms with van der Waals surface area (Å²) in [4.78, 5) is 4.29. The minimum Gasteiger partial charge on any atom is -0.271 e. The number of aromatic nitrogens is 1. The quantitative estimate of drug-likeness (QED) is 0.670. The highest BCUT2D eigenvalue weighted by Gasteiger charge is 2.22. The summed E-state index contributed by atoms with van der Waals surface area (Å²) in [5.74, 6) is 3.77. The molecule has 3 N–H and O–H groups in total. The topological polar surface area (TPSA) is 50.9 Å². The minimum absolute atomic E-state index is 0.148. The van der Waals surface area contributed by atoms with Crippen LogP contribution in [0.2, 0.25) is 0 Å². The lowest BCUT2D eigenvalue weighted by atomic mass is 9.98. The van der Waals surface area contributed by atoms with E-state index in [1.807, 2.05) is 19.9 Å². The van der Waals surface area contributed by atoms with Crippen LogP contribution in [0.1, 0.15) is 34.0 Å². The van der Waals surface area contributed by atoms with Gasteiger partial charge in [0, 0.05) is 11.8 Å². The van der Waals surface area contributed by atoms with Crippen LogP contribution in [0.25, 0.3) is 0 Å². The van der Waals surface area contributed by atoms with E-state index in [2.05, 4.69) is 10.4 Å². The third-order valence-electron chi connectivity index (χ3n) is 3.31. The van der Waals surface area contributed by atoms with Gasteiger partial charge in [-0.2, -0.15) is 0 Å². The van der Waals surface area contributed by atoms with Crippen LogP contribution in [0.5, 0.6) is 0 Å². The molecule has 0 saturated heterocycles. The summed E-state index contributed by atoms with van der Waals surface area (Å²) in [5.41, 5.74) is 5.37. The van der Waals surface area contributed by atoms with Gasteiger partial charge < -0.3 is 0 Å². The Morgan fingerprint density at radius 2 is 1.80 bits per heavy atom. The molecule has 0 saturated carbocycles. The molecule has 1 aromatic carbocycles. The first-order valence-corrected chi connectivity index (χ1v) is 6.29. The average molecular weight is 277 g/mol. The van der Waals surface area contributed by atoms with E-state index in [0.717, 1.165) is 11.1 Å². The normalized spacial score (nSPS) is 12.5. The van der Waals surface area contributed by atoms with E-state index in [0.29, 0.717) is 5.69 Å². The number of pyridine rings is 1. The van der Waals surface area contributed by atoms with Crippen molar-refractivity contribution < 1.29 is 8.78 Å². The molecule has 0 radical (unpaired) electrons. The van der Waals surface area contributed by atoms with Crippen molar-refractivity contribution in [2.45, 2.75) is 26.8 Å².